The Kier molecular flexibility index (Phi) is 7.29. The molecule has 3 N–H and O–H groups in total. The zero-order valence-corrected chi connectivity index (χ0v) is 24.2. The van der Waals surface area contributed by atoms with Gasteiger partial charge in [0.05, 0.1) is 22.9 Å². The number of aromatic nitrogens is 4. The van der Waals surface area contributed by atoms with Gasteiger partial charge in [-0.2, -0.15) is 5.10 Å². The molecular formula is C31H38FN7O2. The standard InChI is InChI=1S/C31H38FN7O2/c1-5-9-38-10-11-39(18(3)16-38)31(41)27-15-25-26(17-37(27)4)34-30(33-25)29-21-8-7-20(12-24(21)35-36-29)22-14-23(32)28(40)13-19(22)6-2/h7-8,12-14,18,27,40H,5-6,9-11,15-17H2,1-4H3,(H,33,34)(H,35,36)/t18-,27+/m1/s1. The van der Waals surface area contributed by atoms with Crippen molar-refractivity contribution >= 4 is 16.8 Å². The fourth-order valence-corrected chi connectivity index (χ4v) is 6.44. The van der Waals surface area contributed by atoms with Crippen LogP contribution in [0.15, 0.2) is 30.3 Å². The number of carbonyl (C=O) groups is 1. The van der Waals surface area contributed by atoms with E-state index >= 15 is 0 Å². The lowest BCUT2D eigenvalue weighted by molar-refractivity contribution is -0.141. The number of likely N-dealkylation sites (N-methyl/N-ethyl adjacent to an activating group) is 1. The molecule has 1 amide bonds. The van der Waals surface area contributed by atoms with Gasteiger partial charge < -0.3 is 15.0 Å². The quantitative estimate of drug-likeness (QED) is 0.325. The summed E-state index contributed by atoms with van der Waals surface area (Å²) in [7, 11) is 2.01. The molecule has 0 unspecified atom stereocenters. The highest BCUT2D eigenvalue weighted by Crippen LogP contribution is 2.34. The number of benzene rings is 2. The summed E-state index contributed by atoms with van der Waals surface area (Å²) in [6.45, 7) is 10.6. The molecule has 4 aromatic rings. The van der Waals surface area contributed by atoms with Gasteiger partial charge in [0.25, 0.3) is 0 Å². The van der Waals surface area contributed by atoms with Gasteiger partial charge in [-0.3, -0.25) is 19.7 Å². The lowest BCUT2D eigenvalue weighted by atomic mass is 9.96. The number of amides is 1. The molecule has 2 atom stereocenters. The van der Waals surface area contributed by atoms with Gasteiger partial charge in [-0.15, -0.1) is 0 Å². The molecule has 216 valence electrons. The fourth-order valence-electron chi connectivity index (χ4n) is 6.44. The van der Waals surface area contributed by atoms with Crippen LogP contribution in [-0.2, 0) is 24.2 Å². The number of fused-ring (bicyclic) bond motifs is 2. The lowest BCUT2D eigenvalue weighted by Crippen LogP contribution is -2.59. The maximum atomic E-state index is 14.2. The molecule has 6 rings (SSSR count). The number of imidazole rings is 1. The van der Waals surface area contributed by atoms with Crippen LogP contribution in [0.25, 0.3) is 33.5 Å². The number of hydrogen-bond donors (Lipinski definition) is 3. The summed E-state index contributed by atoms with van der Waals surface area (Å²) in [4.78, 5) is 28.7. The summed E-state index contributed by atoms with van der Waals surface area (Å²) in [5.41, 5.74) is 5.89. The largest absolute Gasteiger partial charge is 0.505 e. The van der Waals surface area contributed by atoms with Crippen molar-refractivity contribution in [3.8, 4) is 28.4 Å². The summed E-state index contributed by atoms with van der Waals surface area (Å²) in [5, 5.41) is 18.4. The number of aromatic hydroxyl groups is 1. The number of piperazine rings is 1. The molecule has 10 heteroatoms. The number of phenols is 1. The van der Waals surface area contributed by atoms with Crippen LogP contribution in [0.4, 0.5) is 4.39 Å². The van der Waals surface area contributed by atoms with Crippen LogP contribution < -0.4 is 0 Å². The Balaban J connectivity index is 1.24. The van der Waals surface area contributed by atoms with E-state index < -0.39 is 5.82 Å². The summed E-state index contributed by atoms with van der Waals surface area (Å²) in [6.07, 6.45) is 2.35. The molecule has 9 nitrogen and oxygen atoms in total. The molecule has 0 radical (unpaired) electrons. The van der Waals surface area contributed by atoms with Crippen molar-refractivity contribution in [3.05, 3.63) is 53.1 Å². The third-order valence-electron chi connectivity index (χ3n) is 8.66. The highest BCUT2D eigenvalue weighted by molar-refractivity contribution is 5.94. The number of halogens is 1. The van der Waals surface area contributed by atoms with E-state index in [0.717, 1.165) is 71.6 Å². The van der Waals surface area contributed by atoms with Gasteiger partial charge in [0.15, 0.2) is 17.4 Å². The summed E-state index contributed by atoms with van der Waals surface area (Å²) >= 11 is 0. The van der Waals surface area contributed by atoms with Crippen molar-refractivity contribution in [2.75, 3.05) is 33.2 Å². The number of nitrogens with zero attached hydrogens (tertiary/aromatic N) is 5. The van der Waals surface area contributed by atoms with Crippen molar-refractivity contribution in [3.63, 3.8) is 0 Å². The highest BCUT2D eigenvalue weighted by Gasteiger charge is 2.37. The van der Waals surface area contributed by atoms with Crippen molar-refractivity contribution in [1.29, 1.82) is 0 Å². The third-order valence-corrected chi connectivity index (χ3v) is 8.66. The summed E-state index contributed by atoms with van der Waals surface area (Å²) in [5.74, 6) is -0.127. The molecule has 2 aromatic carbocycles. The minimum atomic E-state index is -0.640. The Morgan fingerprint density at radius 1 is 1.20 bits per heavy atom. The van der Waals surface area contributed by atoms with E-state index in [1.807, 2.05) is 32.2 Å². The number of hydrogen-bond acceptors (Lipinski definition) is 6. The molecule has 0 aliphatic carbocycles. The van der Waals surface area contributed by atoms with E-state index in [2.05, 4.69) is 43.7 Å². The first kappa shape index (κ1) is 27.4. The van der Waals surface area contributed by atoms with E-state index in [1.54, 1.807) is 0 Å². The topological polar surface area (TPSA) is 104 Å². The van der Waals surface area contributed by atoms with Gasteiger partial charge >= 0.3 is 0 Å². The highest BCUT2D eigenvalue weighted by atomic mass is 19.1. The second-order valence-electron chi connectivity index (χ2n) is 11.5. The first-order chi connectivity index (χ1) is 19.8. The normalized spacial score (nSPS) is 20.1. The van der Waals surface area contributed by atoms with Crippen LogP contribution in [0.5, 0.6) is 5.75 Å². The molecule has 0 saturated carbocycles. The van der Waals surface area contributed by atoms with Gasteiger partial charge in [-0.05, 0) is 74.3 Å². The van der Waals surface area contributed by atoms with Crippen molar-refractivity contribution in [2.45, 2.75) is 58.7 Å². The van der Waals surface area contributed by atoms with Crippen molar-refractivity contribution in [2.24, 2.45) is 0 Å². The number of H-pyrrole nitrogens is 2. The van der Waals surface area contributed by atoms with Gasteiger partial charge in [0.2, 0.25) is 5.91 Å². The minimum Gasteiger partial charge on any atom is -0.505 e. The van der Waals surface area contributed by atoms with Crippen molar-refractivity contribution < 1.29 is 14.3 Å². The Morgan fingerprint density at radius 3 is 2.78 bits per heavy atom. The Morgan fingerprint density at radius 2 is 2.02 bits per heavy atom. The minimum absolute atomic E-state index is 0.182. The molecule has 0 bridgehead atoms. The Hall–Kier alpha value is -3.76. The SMILES string of the molecule is CCCN1CCN(C(=O)[C@@H]2Cc3nc(-c4n[nH]c5cc(-c6cc(F)c(O)cc6CC)ccc45)[nH]c3CN2C)[C@H](C)C1. The average Bonchev–Trinajstić information content (AvgIpc) is 3.57. The third kappa shape index (κ3) is 4.99. The molecule has 41 heavy (non-hydrogen) atoms. The second-order valence-corrected chi connectivity index (χ2v) is 11.5. The smallest absolute Gasteiger partial charge is 0.240 e. The molecular weight excluding hydrogens is 521 g/mol. The van der Waals surface area contributed by atoms with Crippen LogP contribution in [0.3, 0.4) is 0 Å². The predicted molar refractivity (Wildman–Crippen MR) is 157 cm³/mol. The Bertz CT molecular complexity index is 1590. The number of carbonyl (C=O) groups excluding carboxylic acids is 1. The maximum Gasteiger partial charge on any atom is 0.240 e. The molecule has 4 heterocycles. The lowest BCUT2D eigenvalue weighted by Gasteiger charge is -2.43. The summed E-state index contributed by atoms with van der Waals surface area (Å²) in [6, 6.07) is 8.68. The number of aryl methyl sites for hydroxylation is 1. The molecule has 1 fully saturated rings. The number of nitrogens with one attached hydrogen (secondary N) is 2. The number of rotatable bonds is 6. The summed E-state index contributed by atoms with van der Waals surface area (Å²) < 4.78 is 14.2. The van der Waals surface area contributed by atoms with E-state index in [-0.39, 0.29) is 23.7 Å². The molecule has 2 aromatic heterocycles. The van der Waals surface area contributed by atoms with Crippen LogP contribution in [0.2, 0.25) is 0 Å². The van der Waals surface area contributed by atoms with E-state index in [9.17, 15) is 14.3 Å². The van der Waals surface area contributed by atoms with E-state index in [0.29, 0.717) is 30.9 Å². The van der Waals surface area contributed by atoms with Crippen LogP contribution in [0, 0.1) is 5.82 Å². The number of aromatic amines is 2. The average molecular weight is 560 g/mol. The molecule has 1 saturated heterocycles. The maximum absolute atomic E-state index is 14.2. The first-order valence-corrected chi connectivity index (χ1v) is 14.6. The first-order valence-electron chi connectivity index (χ1n) is 14.6. The number of phenolic OH excluding ortho intramolecular Hbond substituents is 1. The zero-order valence-electron chi connectivity index (χ0n) is 24.2. The van der Waals surface area contributed by atoms with Gasteiger partial charge in [-0.1, -0.05) is 19.9 Å². The van der Waals surface area contributed by atoms with Crippen LogP contribution >= 0.6 is 0 Å². The zero-order chi connectivity index (χ0) is 28.8. The second kappa shape index (κ2) is 10.9. The van der Waals surface area contributed by atoms with Gasteiger partial charge in [0, 0.05) is 44.0 Å². The Labute approximate surface area is 239 Å². The van der Waals surface area contributed by atoms with Gasteiger partial charge in [0.1, 0.15) is 5.69 Å². The van der Waals surface area contributed by atoms with Crippen LogP contribution in [-0.4, -0.2) is 91.2 Å². The van der Waals surface area contributed by atoms with E-state index in [1.165, 1.54) is 12.1 Å². The van der Waals surface area contributed by atoms with Crippen LogP contribution in [0.1, 0.15) is 44.1 Å². The van der Waals surface area contributed by atoms with E-state index in [4.69, 9.17) is 4.98 Å². The monoisotopic (exact) mass is 559 g/mol. The van der Waals surface area contributed by atoms with Crippen molar-refractivity contribution in [1.82, 2.24) is 34.9 Å². The molecule has 2 aliphatic heterocycles. The molecule has 0 spiro atoms. The van der Waals surface area contributed by atoms with Gasteiger partial charge in [-0.25, -0.2) is 9.37 Å². The fraction of sp³-hybridized carbons (Fsp3) is 0.452. The predicted octanol–water partition coefficient (Wildman–Crippen LogP) is 4.33. The molecule has 2 aliphatic rings.